The lowest BCUT2D eigenvalue weighted by atomic mass is 10.1. The fourth-order valence-electron chi connectivity index (χ4n) is 0.901. The molecule has 0 aliphatic rings. The summed E-state index contributed by atoms with van der Waals surface area (Å²) in [5, 5.41) is -0.422. The standard InChI is InChI=1S/C8H9FN2O/c1-6-3-2-4-7(5-6)8(12)11(9)10/h2-5H,10H2,1H3. The highest BCUT2D eigenvalue weighted by Gasteiger charge is 2.10. The predicted octanol–water partition coefficient (Wildman–Crippen LogP) is 1.20. The summed E-state index contributed by atoms with van der Waals surface area (Å²) >= 11 is 0. The van der Waals surface area contributed by atoms with Gasteiger partial charge in [0.1, 0.15) is 0 Å². The summed E-state index contributed by atoms with van der Waals surface area (Å²) < 4.78 is 12.2. The SMILES string of the molecule is Cc1cccc(C(=O)N(N)F)c1. The van der Waals surface area contributed by atoms with E-state index in [9.17, 15) is 9.28 Å². The molecule has 0 atom stereocenters. The number of aryl methyl sites for hydroxylation is 1. The second-order valence-corrected chi connectivity index (χ2v) is 2.49. The molecule has 4 heteroatoms. The molecule has 0 saturated carbocycles. The third-order valence-electron chi connectivity index (χ3n) is 1.46. The van der Waals surface area contributed by atoms with E-state index in [1.54, 1.807) is 12.1 Å². The summed E-state index contributed by atoms with van der Waals surface area (Å²) in [6.45, 7) is 1.82. The maximum absolute atomic E-state index is 12.2. The van der Waals surface area contributed by atoms with E-state index >= 15 is 0 Å². The van der Waals surface area contributed by atoms with Crippen LogP contribution < -0.4 is 5.84 Å². The van der Waals surface area contributed by atoms with Gasteiger partial charge in [-0.05, 0) is 19.1 Å². The Hall–Kier alpha value is -1.42. The van der Waals surface area contributed by atoms with Crippen LogP contribution in [0.25, 0.3) is 0 Å². The Labute approximate surface area is 69.5 Å². The zero-order valence-electron chi connectivity index (χ0n) is 6.62. The third-order valence-corrected chi connectivity index (χ3v) is 1.46. The van der Waals surface area contributed by atoms with Crippen molar-refractivity contribution in [2.45, 2.75) is 6.92 Å². The Morgan fingerprint density at radius 3 is 2.75 bits per heavy atom. The minimum absolute atomic E-state index is 0.250. The maximum atomic E-state index is 12.2. The highest BCUT2D eigenvalue weighted by Crippen LogP contribution is 2.05. The second-order valence-electron chi connectivity index (χ2n) is 2.49. The molecule has 1 aromatic carbocycles. The lowest BCUT2D eigenvalue weighted by molar-refractivity contribution is 0.0192. The summed E-state index contributed by atoms with van der Waals surface area (Å²) in [6, 6.07) is 6.57. The Kier molecular flexibility index (Phi) is 2.40. The molecular weight excluding hydrogens is 159 g/mol. The molecule has 1 rings (SSSR count). The van der Waals surface area contributed by atoms with Crippen molar-refractivity contribution < 1.29 is 9.28 Å². The van der Waals surface area contributed by atoms with Crippen LogP contribution in [0.5, 0.6) is 0 Å². The summed E-state index contributed by atoms with van der Waals surface area (Å²) in [4.78, 5) is 10.9. The zero-order valence-corrected chi connectivity index (χ0v) is 6.62. The second kappa shape index (κ2) is 3.32. The van der Waals surface area contributed by atoms with Crippen LogP contribution in [0.3, 0.4) is 0 Å². The summed E-state index contributed by atoms with van der Waals surface area (Å²) in [5.74, 6) is 3.80. The van der Waals surface area contributed by atoms with Crippen molar-refractivity contribution in [1.82, 2.24) is 5.23 Å². The molecule has 0 radical (unpaired) electrons. The van der Waals surface area contributed by atoms with E-state index in [-0.39, 0.29) is 5.56 Å². The molecule has 1 aromatic rings. The minimum atomic E-state index is -0.835. The quantitative estimate of drug-likeness (QED) is 0.296. The van der Waals surface area contributed by atoms with Gasteiger partial charge in [-0.15, -0.1) is 5.23 Å². The van der Waals surface area contributed by atoms with E-state index in [1.165, 1.54) is 6.07 Å². The molecule has 64 valence electrons. The average Bonchev–Trinajstić information content (AvgIpc) is 2.03. The van der Waals surface area contributed by atoms with Crippen molar-refractivity contribution >= 4 is 5.91 Å². The third kappa shape index (κ3) is 1.79. The van der Waals surface area contributed by atoms with Crippen LogP contribution in [-0.4, -0.2) is 11.1 Å². The van der Waals surface area contributed by atoms with Gasteiger partial charge in [-0.25, -0.2) is 5.84 Å². The van der Waals surface area contributed by atoms with Gasteiger partial charge in [0.05, 0.1) is 0 Å². The van der Waals surface area contributed by atoms with Gasteiger partial charge in [0, 0.05) is 5.56 Å². The number of hydrogen-bond donors (Lipinski definition) is 1. The van der Waals surface area contributed by atoms with Crippen LogP contribution in [0, 0.1) is 6.92 Å². The van der Waals surface area contributed by atoms with Crippen molar-refractivity contribution in [1.29, 1.82) is 0 Å². The normalized spacial score (nSPS) is 9.58. The smallest absolute Gasteiger partial charge is 0.265 e. The fourth-order valence-corrected chi connectivity index (χ4v) is 0.901. The van der Waals surface area contributed by atoms with Crippen LogP contribution in [0.2, 0.25) is 0 Å². The molecule has 0 saturated heterocycles. The first-order valence-electron chi connectivity index (χ1n) is 3.43. The number of carbonyl (C=O) groups excluding carboxylic acids is 1. The predicted molar refractivity (Wildman–Crippen MR) is 42.6 cm³/mol. The van der Waals surface area contributed by atoms with E-state index in [1.807, 2.05) is 13.0 Å². The topological polar surface area (TPSA) is 46.3 Å². The molecule has 0 aromatic heterocycles. The maximum Gasteiger partial charge on any atom is 0.296 e. The molecular formula is C8H9FN2O. The summed E-state index contributed by atoms with van der Waals surface area (Å²) in [6.07, 6.45) is 0. The van der Waals surface area contributed by atoms with E-state index in [4.69, 9.17) is 0 Å². The van der Waals surface area contributed by atoms with Gasteiger partial charge in [0.2, 0.25) is 0 Å². The van der Waals surface area contributed by atoms with Crippen molar-refractivity contribution in [2.24, 2.45) is 5.84 Å². The summed E-state index contributed by atoms with van der Waals surface area (Å²) in [7, 11) is 0. The molecule has 3 nitrogen and oxygen atoms in total. The molecule has 0 fully saturated rings. The monoisotopic (exact) mass is 168 g/mol. The number of nitrogens with zero attached hydrogens (tertiary/aromatic N) is 1. The molecule has 1 amide bonds. The molecule has 2 N–H and O–H groups in total. The first-order chi connectivity index (χ1) is 5.61. The van der Waals surface area contributed by atoms with E-state index in [0.29, 0.717) is 0 Å². The molecule has 12 heavy (non-hydrogen) atoms. The Balaban J connectivity index is 2.96. The van der Waals surface area contributed by atoms with Crippen LogP contribution in [0.15, 0.2) is 24.3 Å². The first-order valence-corrected chi connectivity index (χ1v) is 3.43. The zero-order chi connectivity index (χ0) is 9.14. The van der Waals surface area contributed by atoms with Crippen molar-refractivity contribution in [3.8, 4) is 0 Å². The van der Waals surface area contributed by atoms with Crippen LogP contribution in [-0.2, 0) is 0 Å². The van der Waals surface area contributed by atoms with E-state index in [2.05, 4.69) is 5.84 Å². The molecule has 0 aliphatic carbocycles. The van der Waals surface area contributed by atoms with Gasteiger partial charge in [-0.3, -0.25) is 4.79 Å². The van der Waals surface area contributed by atoms with Gasteiger partial charge in [0.25, 0.3) is 5.91 Å². The highest BCUT2D eigenvalue weighted by atomic mass is 19.2. The van der Waals surface area contributed by atoms with Crippen molar-refractivity contribution in [2.75, 3.05) is 0 Å². The van der Waals surface area contributed by atoms with Gasteiger partial charge in [-0.2, -0.15) is 0 Å². The lowest BCUT2D eigenvalue weighted by Crippen LogP contribution is -2.29. The van der Waals surface area contributed by atoms with Gasteiger partial charge >= 0.3 is 0 Å². The number of nitrogens with two attached hydrogens (primary N) is 1. The molecule has 0 spiro atoms. The molecule has 0 heterocycles. The van der Waals surface area contributed by atoms with Crippen LogP contribution in [0.1, 0.15) is 15.9 Å². The minimum Gasteiger partial charge on any atom is -0.265 e. The number of rotatable bonds is 1. The van der Waals surface area contributed by atoms with E-state index < -0.39 is 11.1 Å². The number of carbonyl (C=O) groups is 1. The number of benzene rings is 1. The first kappa shape index (κ1) is 8.67. The van der Waals surface area contributed by atoms with E-state index in [0.717, 1.165) is 5.56 Å². The summed E-state index contributed by atoms with van der Waals surface area (Å²) in [5.41, 5.74) is 1.14. The van der Waals surface area contributed by atoms with Crippen LogP contribution >= 0.6 is 0 Å². The molecule has 0 aliphatic heterocycles. The molecule has 0 unspecified atom stereocenters. The fraction of sp³-hybridized carbons (Fsp3) is 0.125. The molecule has 0 bridgehead atoms. The van der Waals surface area contributed by atoms with Crippen LogP contribution in [0.4, 0.5) is 4.48 Å². The number of hydrogen-bond acceptors (Lipinski definition) is 2. The number of amides is 1. The Morgan fingerprint density at radius 1 is 1.58 bits per heavy atom. The number of halogens is 1. The largest absolute Gasteiger partial charge is 0.296 e. The van der Waals surface area contributed by atoms with Gasteiger partial charge in [0.15, 0.2) is 0 Å². The Bertz CT molecular complexity index is 299. The average molecular weight is 168 g/mol. The highest BCUT2D eigenvalue weighted by molar-refractivity contribution is 5.93. The Morgan fingerprint density at radius 2 is 2.25 bits per heavy atom. The lowest BCUT2D eigenvalue weighted by Gasteiger charge is -2.04. The van der Waals surface area contributed by atoms with Gasteiger partial charge < -0.3 is 0 Å². The number of hydrazine groups is 1. The van der Waals surface area contributed by atoms with Gasteiger partial charge in [-0.1, -0.05) is 22.2 Å². The van der Waals surface area contributed by atoms with Crippen molar-refractivity contribution in [3.05, 3.63) is 35.4 Å². The van der Waals surface area contributed by atoms with Crippen molar-refractivity contribution in [3.63, 3.8) is 0 Å².